The SMILES string of the molecule is C/C=C/C(=O)Nc1ccc(S(=O)(=O)N2CCN(C(=O)O)CC2)cc1. The minimum absolute atomic E-state index is 0.107. The molecule has 1 fully saturated rings. The number of rotatable bonds is 4. The first-order valence-electron chi connectivity index (χ1n) is 7.36. The van der Waals surface area contributed by atoms with Crippen LogP contribution >= 0.6 is 0 Å². The number of hydrogen-bond donors (Lipinski definition) is 2. The maximum absolute atomic E-state index is 12.6. The van der Waals surface area contributed by atoms with Crippen molar-refractivity contribution < 1.29 is 23.1 Å². The molecule has 2 N–H and O–H groups in total. The minimum Gasteiger partial charge on any atom is -0.465 e. The van der Waals surface area contributed by atoms with Gasteiger partial charge in [0.05, 0.1) is 4.90 Å². The van der Waals surface area contributed by atoms with Crippen molar-refractivity contribution in [1.82, 2.24) is 9.21 Å². The van der Waals surface area contributed by atoms with Crippen LogP contribution < -0.4 is 5.32 Å². The number of sulfonamides is 1. The zero-order chi connectivity index (χ0) is 17.7. The molecule has 0 unspecified atom stereocenters. The van der Waals surface area contributed by atoms with Crippen LogP contribution in [0.2, 0.25) is 0 Å². The summed E-state index contributed by atoms with van der Waals surface area (Å²) in [7, 11) is -3.68. The molecule has 2 amide bonds. The Morgan fingerprint density at radius 1 is 1.12 bits per heavy atom. The van der Waals surface area contributed by atoms with E-state index in [1.54, 1.807) is 13.0 Å². The van der Waals surface area contributed by atoms with Crippen LogP contribution in [0.5, 0.6) is 0 Å². The van der Waals surface area contributed by atoms with Gasteiger partial charge in [0.25, 0.3) is 0 Å². The Morgan fingerprint density at radius 2 is 1.71 bits per heavy atom. The van der Waals surface area contributed by atoms with Crippen molar-refractivity contribution >= 4 is 27.7 Å². The summed E-state index contributed by atoms with van der Waals surface area (Å²) in [6.07, 6.45) is 1.92. The number of carbonyl (C=O) groups is 2. The predicted molar refractivity (Wildman–Crippen MR) is 88.2 cm³/mol. The summed E-state index contributed by atoms with van der Waals surface area (Å²) in [6, 6.07) is 5.87. The van der Waals surface area contributed by atoms with Crippen LogP contribution in [0.1, 0.15) is 6.92 Å². The fourth-order valence-electron chi connectivity index (χ4n) is 2.31. The highest BCUT2D eigenvalue weighted by Crippen LogP contribution is 2.20. The first-order chi connectivity index (χ1) is 11.3. The highest BCUT2D eigenvalue weighted by molar-refractivity contribution is 7.89. The second-order valence-corrected chi connectivity index (χ2v) is 7.13. The third-order valence-corrected chi connectivity index (χ3v) is 5.50. The Labute approximate surface area is 140 Å². The lowest BCUT2D eigenvalue weighted by Crippen LogP contribution is -2.50. The Balaban J connectivity index is 2.07. The molecule has 0 spiro atoms. The summed E-state index contributed by atoms with van der Waals surface area (Å²) >= 11 is 0. The van der Waals surface area contributed by atoms with E-state index in [0.29, 0.717) is 5.69 Å². The number of benzene rings is 1. The summed E-state index contributed by atoms with van der Waals surface area (Å²) in [4.78, 5) is 23.6. The summed E-state index contributed by atoms with van der Waals surface area (Å²) in [5.41, 5.74) is 0.493. The molecule has 24 heavy (non-hydrogen) atoms. The van der Waals surface area contributed by atoms with Crippen LogP contribution in [0.4, 0.5) is 10.5 Å². The van der Waals surface area contributed by atoms with Crippen molar-refractivity contribution in [2.75, 3.05) is 31.5 Å². The van der Waals surface area contributed by atoms with Crippen molar-refractivity contribution in [2.24, 2.45) is 0 Å². The Morgan fingerprint density at radius 3 is 2.21 bits per heavy atom. The summed E-state index contributed by atoms with van der Waals surface area (Å²) in [5.74, 6) is -0.294. The van der Waals surface area contributed by atoms with Crippen LogP contribution in [0, 0.1) is 0 Å². The van der Waals surface area contributed by atoms with Gasteiger partial charge in [-0.05, 0) is 37.3 Å². The van der Waals surface area contributed by atoms with Gasteiger partial charge < -0.3 is 15.3 Å². The number of carboxylic acid groups (broad SMARTS) is 1. The standard InChI is InChI=1S/C15H19N3O5S/c1-2-3-14(19)16-12-4-6-13(7-5-12)24(22,23)18-10-8-17(9-11-18)15(20)21/h2-7H,8-11H2,1H3,(H,16,19)(H,20,21)/b3-2+. The van der Waals surface area contributed by atoms with E-state index in [-0.39, 0.29) is 37.0 Å². The van der Waals surface area contributed by atoms with Crippen LogP contribution in [0.25, 0.3) is 0 Å². The molecular weight excluding hydrogens is 334 g/mol. The van der Waals surface area contributed by atoms with E-state index in [2.05, 4.69) is 5.32 Å². The van der Waals surface area contributed by atoms with Gasteiger partial charge in [-0.1, -0.05) is 6.08 Å². The summed E-state index contributed by atoms with van der Waals surface area (Å²) < 4.78 is 26.4. The minimum atomic E-state index is -3.68. The first kappa shape index (κ1) is 18.0. The zero-order valence-electron chi connectivity index (χ0n) is 13.2. The van der Waals surface area contributed by atoms with Crippen molar-refractivity contribution in [2.45, 2.75) is 11.8 Å². The molecule has 0 saturated carbocycles. The normalized spacial score (nSPS) is 16.3. The van der Waals surface area contributed by atoms with Crippen molar-refractivity contribution in [3.05, 3.63) is 36.4 Å². The maximum atomic E-state index is 12.6. The van der Waals surface area contributed by atoms with E-state index in [4.69, 9.17) is 5.11 Å². The van der Waals surface area contributed by atoms with E-state index in [0.717, 1.165) is 0 Å². The topological polar surface area (TPSA) is 107 Å². The Bertz CT molecular complexity index is 735. The van der Waals surface area contributed by atoms with Crippen molar-refractivity contribution in [3.8, 4) is 0 Å². The summed E-state index contributed by atoms with van der Waals surface area (Å²) in [6.45, 7) is 2.25. The molecule has 130 valence electrons. The second-order valence-electron chi connectivity index (χ2n) is 5.19. The smallest absolute Gasteiger partial charge is 0.407 e. The fraction of sp³-hybridized carbons (Fsp3) is 0.333. The number of nitrogens with one attached hydrogen (secondary N) is 1. The number of piperazine rings is 1. The third kappa shape index (κ3) is 4.12. The quantitative estimate of drug-likeness (QED) is 0.791. The largest absolute Gasteiger partial charge is 0.465 e. The number of hydrogen-bond acceptors (Lipinski definition) is 4. The van der Waals surface area contributed by atoms with E-state index < -0.39 is 16.1 Å². The van der Waals surface area contributed by atoms with Crippen LogP contribution in [0.3, 0.4) is 0 Å². The van der Waals surface area contributed by atoms with Crippen LogP contribution in [-0.2, 0) is 14.8 Å². The first-order valence-corrected chi connectivity index (χ1v) is 8.80. The molecule has 1 saturated heterocycles. The van der Waals surface area contributed by atoms with Gasteiger partial charge in [-0.3, -0.25) is 4.79 Å². The van der Waals surface area contributed by atoms with Gasteiger partial charge in [0.1, 0.15) is 0 Å². The number of amides is 2. The molecule has 0 aliphatic carbocycles. The van der Waals surface area contributed by atoms with Gasteiger partial charge in [0.2, 0.25) is 15.9 Å². The molecule has 1 aliphatic heterocycles. The summed E-state index contributed by atoms with van der Waals surface area (Å²) in [5, 5.41) is 11.5. The van der Waals surface area contributed by atoms with E-state index in [9.17, 15) is 18.0 Å². The lowest BCUT2D eigenvalue weighted by atomic mass is 10.3. The molecule has 8 nitrogen and oxygen atoms in total. The lowest BCUT2D eigenvalue weighted by Gasteiger charge is -2.32. The van der Waals surface area contributed by atoms with Crippen molar-refractivity contribution in [3.63, 3.8) is 0 Å². The van der Waals surface area contributed by atoms with E-state index in [1.165, 1.54) is 39.5 Å². The monoisotopic (exact) mass is 353 g/mol. The number of carbonyl (C=O) groups excluding carboxylic acids is 1. The Kier molecular flexibility index (Phi) is 5.58. The van der Waals surface area contributed by atoms with E-state index >= 15 is 0 Å². The molecule has 0 radical (unpaired) electrons. The predicted octanol–water partition coefficient (Wildman–Crippen LogP) is 1.19. The van der Waals surface area contributed by atoms with Gasteiger partial charge in [0, 0.05) is 31.9 Å². The molecule has 1 aromatic rings. The van der Waals surface area contributed by atoms with Gasteiger partial charge in [-0.15, -0.1) is 0 Å². The Hall–Kier alpha value is -2.39. The fourth-order valence-corrected chi connectivity index (χ4v) is 3.74. The number of anilines is 1. The van der Waals surface area contributed by atoms with Gasteiger partial charge in [0.15, 0.2) is 0 Å². The van der Waals surface area contributed by atoms with Gasteiger partial charge >= 0.3 is 6.09 Å². The molecular formula is C15H19N3O5S. The molecule has 0 bridgehead atoms. The maximum Gasteiger partial charge on any atom is 0.407 e. The second kappa shape index (κ2) is 7.45. The van der Waals surface area contributed by atoms with Gasteiger partial charge in [-0.25, -0.2) is 13.2 Å². The van der Waals surface area contributed by atoms with Crippen LogP contribution in [-0.4, -0.2) is 60.9 Å². The van der Waals surface area contributed by atoms with Crippen molar-refractivity contribution in [1.29, 1.82) is 0 Å². The number of allylic oxidation sites excluding steroid dienone is 1. The van der Waals surface area contributed by atoms with Crippen LogP contribution in [0.15, 0.2) is 41.3 Å². The average molecular weight is 353 g/mol. The zero-order valence-corrected chi connectivity index (χ0v) is 14.0. The molecule has 2 rings (SSSR count). The molecule has 1 aliphatic rings. The molecule has 0 atom stereocenters. The molecule has 9 heteroatoms. The highest BCUT2D eigenvalue weighted by atomic mass is 32.2. The number of nitrogens with zero attached hydrogens (tertiary/aromatic N) is 2. The molecule has 1 heterocycles. The highest BCUT2D eigenvalue weighted by Gasteiger charge is 2.29. The van der Waals surface area contributed by atoms with E-state index in [1.807, 2.05) is 0 Å². The molecule has 1 aromatic carbocycles. The third-order valence-electron chi connectivity index (χ3n) is 3.59. The molecule has 0 aromatic heterocycles. The lowest BCUT2D eigenvalue weighted by molar-refractivity contribution is -0.111. The average Bonchev–Trinajstić information content (AvgIpc) is 2.55. The van der Waals surface area contributed by atoms with Gasteiger partial charge in [-0.2, -0.15) is 4.31 Å².